The number of unbranched alkanes of at least 4 members (excludes halogenated alkanes) is 13. The fourth-order valence-electron chi connectivity index (χ4n) is 2.53. The third kappa shape index (κ3) is 34.6. The molecule has 7 heteroatoms. The monoisotopic (exact) mass is 394 g/mol. The average Bonchev–Trinajstić information content (AvgIpc) is 2.56. The molecule has 0 aliphatic carbocycles. The van der Waals surface area contributed by atoms with Gasteiger partial charge < -0.3 is 19.4 Å². The first-order chi connectivity index (χ1) is 12.3. The molecule has 0 bridgehead atoms. The Balaban J connectivity index is 0. The zero-order chi connectivity index (χ0) is 20.1. The molecule has 0 radical (unpaired) electrons. The van der Waals surface area contributed by atoms with Crippen LogP contribution in [0.15, 0.2) is 12.7 Å². The summed E-state index contributed by atoms with van der Waals surface area (Å²) in [4.78, 5) is 32.4. The number of carbonyl (C=O) groups excluding carboxylic acids is 1. The van der Waals surface area contributed by atoms with E-state index in [1.807, 2.05) is 0 Å². The summed E-state index contributed by atoms with van der Waals surface area (Å²) in [6, 6.07) is 0. The lowest BCUT2D eigenvalue weighted by atomic mass is 10.0. The van der Waals surface area contributed by atoms with Gasteiger partial charge in [-0.3, -0.25) is 0 Å². The zero-order valence-electron chi connectivity index (χ0n) is 16.4. The van der Waals surface area contributed by atoms with Crippen LogP contribution in [-0.4, -0.2) is 27.3 Å². The predicted molar refractivity (Wildman–Crippen MR) is 106 cm³/mol. The Kier molecular flexibility index (Phi) is 21.9. The molecule has 0 aromatic rings. The topological polar surface area (TPSA) is 104 Å². The van der Waals surface area contributed by atoms with Gasteiger partial charge in [0.1, 0.15) is 0 Å². The number of hydrogen-bond donors (Lipinski definition) is 3. The molecule has 0 aliphatic heterocycles. The fourth-order valence-corrected chi connectivity index (χ4v) is 2.53. The second kappa shape index (κ2) is 20.6. The van der Waals surface area contributed by atoms with Crippen LogP contribution in [0.1, 0.15) is 96.8 Å². The molecule has 6 nitrogen and oxygen atoms in total. The van der Waals surface area contributed by atoms with Gasteiger partial charge in [-0.25, -0.2) is 9.36 Å². The highest BCUT2D eigenvalue weighted by Crippen LogP contribution is 2.25. The standard InChI is InChI=1S/C19H36O2.H3O4P/c1-3-5-6-7-8-9-10-11-12-13-14-15-16-17-18-21-19(20)4-2;1-5(2,3)4/h4H,2-3,5-18H2,1H3;(H3,1,2,3,4). The summed E-state index contributed by atoms with van der Waals surface area (Å²) in [7, 11) is -4.64. The van der Waals surface area contributed by atoms with Gasteiger partial charge in [-0.2, -0.15) is 0 Å². The van der Waals surface area contributed by atoms with Crippen molar-refractivity contribution in [3.8, 4) is 0 Å². The van der Waals surface area contributed by atoms with Crippen molar-refractivity contribution in [2.24, 2.45) is 0 Å². The number of rotatable bonds is 16. The smallest absolute Gasteiger partial charge is 0.463 e. The number of esters is 1. The molecule has 0 heterocycles. The highest BCUT2D eigenvalue weighted by atomic mass is 31.2. The van der Waals surface area contributed by atoms with Crippen molar-refractivity contribution in [3.63, 3.8) is 0 Å². The molecular weight excluding hydrogens is 355 g/mol. The molecule has 3 N–H and O–H groups in total. The molecule has 156 valence electrons. The van der Waals surface area contributed by atoms with Gasteiger partial charge in [0.15, 0.2) is 0 Å². The van der Waals surface area contributed by atoms with Crippen LogP contribution >= 0.6 is 7.82 Å². The molecular formula is C19H39O6P. The number of phosphoric acid groups is 1. The van der Waals surface area contributed by atoms with Crippen molar-refractivity contribution in [2.45, 2.75) is 96.8 Å². The van der Waals surface area contributed by atoms with E-state index < -0.39 is 7.82 Å². The van der Waals surface area contributed by atoms with Crippen LogP contribution in [0, 0.1) is 0 Å². The number of carbonyl (C=O) groups is 1. The Morgan fingerprint density at radius 1 is 0.808 bits per heavy atom. The van der Waals surface area contributed by atoms with Crippen LogP contribution in [0.3, 0.4) is 0 Å². The van der Waals surface area contributed by atoms with Gasteiger partial charge in [0.05, 0.1) is 6.61 Å². The summed E-state index contributed by atoms with van der Waals surface area (Å²) < 4.78 is 13.8. The summed E-state index contributed by atoms with van der Waals surface area (Å²) in [5, 5.41) is 0. The summed E-state index contributed by atoms with van der Waals surface area (Å²) in [6.45, 7) is 6.19. The van der Waals surface area contributed by atoms with Gasteiger partial charge in [0, 0.05) is 6.08 Å². The van der Waals surface area contributed by atoms with E-state index in [0.717, 1.165) is 6.42 Å². The third-order valence-electron chi connectivity index (χ3n) is 3.91. The highest BCUT2D eigenvalue weighted by molar-refractivity contribution is 7.45. The summed E-state index contributed by atoms with van der Waals surface area (Å²) in [6.07, 6.45) is 20.0. The van der Waals surface area contributed by atoms with Gasteiger partial charge >= 0.3 is 13.8 Å². The third-order valence-corrected chi connectivity index (χ3v) is 3.91. The Labute approximate surface area is 159 Å². The van der Waals surface area contributed by atoms with Gasteiger partial charge in [0.25, 0.3) is 0 Å². The second-order valence-corrected chi connectivity index (χ2v) is 7.51. The first-order valence-corrected chi connectivity index (χ1v) is 11.4. The summed E-state index contributed by atoms with van der Waals surface area (Å²) >= 11 is 0. The second-order valence-electron chi connectivity index (χ2n) is 6.48. The minimum atomic E-state index is -4.64. The molecule has 0 aliphatic rings. The van der Waals surface area contributed by atoms with Crippen molar-refractivity contribution in [2.75, 3.05) is 6.61 Å². The van der Waals surface area contributed by atoms with E-state index in [4.69, 9.17) is 24.0 Å². The summed E-state index contributed by atoms with van der Waals surface area (Å²) in [5.74, 6) is -0.301. The van der Waals surface area contributed by atoms with Crippen molar-refractivity contribution in [1.82, 2.24) is 0 Å². The van der Waals surface area contributed by atoms with Gasteiger partial charge in [-0.15, -0.1) is 0 Å². The van der Waals surface area contributed by atoms with Crippen molar-refractivity contribution >= 4 is 13.8 Å². The SMILES string of the molecule is C=CC(=O)OCCCCCCCCCCCCCCCC.O=P(O)(O)O. The summed E-state index contributed by atoms with van der Waals surface area (Å²) in [5.41, 5.74) is 0. The molecule has 0 saturated carbocycles. The molecule has 0 spiro atoms. The van der Waals surface area contributed by atoms with E-state index in [0.29, 0.717) is 6.61 Å². The van der Waals surface area contributed by atoms with E-state index in [1.54, 1.807) is 0 Å². The quantitative estimate of drug-likeness (QED) is 0.143. The lowest BCUT2D eigenvalue weighted by Gasteiger charge is -2.03. The predicted octanol–water partition coefficient (Wildman–Crippen LogP) is 5.27. The Hall–Kier alpha value is -0.680. The van der Waals surface area contributed by atoms with Gasteiger partial charge in [0.2, 0.25) is 0 Å². The molecule has 0 rings (SSSR count). The van der Waals surface area contributed by atoms with Crippen LogP contribution < -0.4 is 0 Å². The lowest BCUT2D eigenvalue weighted by molar-refractivity contribution is -0.137. The van der Waals surface area contributed by atoms with E-state index in [-0.39, 0.29) is 5.97 Å². The number of ether oxygens (including phenoxy) is 1. The van der Waals surface area contributed by atoms with E-state index in [9.17, 15) is 4.79 Å². The Morgan fingerprint density at radius 3 is 1.42 bits per heavy atom. The first kappa shape index (κ1) is 27.5. The first-order valence-electron chi connectivity index (χ1n) is 9.88. The molecule has 0 aromatic carbocycles. The molecule has 0 unspecified atom stereocenters. The zero-order valence-corrected chi connectivity index (χ0v) is 17.3. The largest absolute Gasteiger partial charge is 0.466 e. The van der Waals surface area contributed by atoms with Crippen LogP contribution in [0.4, 0.5) is 0 Å². The van der Waals surface area contributed by atoms with Crippen LogP contribution in [0.2, 0.25) is 0 Å². The minimum absolute atomic E-state index is 0.301. The molecule has 0 aromatic heterocycles. The van der Waals surface area contributed by atoms with Crippen LogP contribution in [-0.2, 0) is 14.1 Å². The normalized spacial score (nSPS) is 10.8. The molecule has 26 heavy (non-hydrogen) atoms. The molecule has 0 atom stereocenters. The molecule has 0 saturated heterocycles. The minimum Gasteiger partial charge on any atom is -0.463 e. The number of hydrogen-bond acceptors (Lipinski definition) is 3. The van der Waals surface area contributed by atoms with Gasteiger partial charge in [-0.1, -0.05) is 97.0 Å². The van der Waals surface area contributed by atoms with Crippen LogP contribution in [0.25, 0.3) is 0 Å². The van der Waals surface area contributed by atoms with Crippen molar-refractivity contribution in [1.29, 1.82) is 0 Å². The molecule has 0 amide bonds. The average molecular weight is 394 g/mol. The Morgan fingerprint density at radius 2 is 1.12 bits per heavy atom. The molecule has 0 fully saturated rings. The van der Waals surface area contributed by atoms with E-state index in [2.05, 4.69) is 13.5 Å². The maximum absolute atomic E-state index is 10.8. The van der Waals surface area contributed by atoms with Crippen molar-refractivity contribution < 1.29 is 28.8 Å². The Bertz CT molecular complexity index is 359. The van der Waals surface area contributed by atoms with E-state index in [1.165, 1.54) is 89.5 Å². The maximum Gasteiger partial charge on any atom is 0.466 e. The van der Waals surface area contributed by atoms with Crippen LogP contribution in [0.5, 0.6) is 0 Å². The maximum atomic E-state index is 10.8. The van der Waals surface area contributed by atoms with Crippen molar-refractivity contribution in [3.05, 3.63) is 12.7 Å². The fraction of sp³-hybridized carbons (Fsp3) is 0.842. The van der Waals surface area contributed by atoms with E-state index >= 15 is 0 Å². The van der Waals surface area contributed by atoms with Gasteiger partial charge in [-0.05, 0) is 6.42 Å². The highest BCUT2D eigenvalue weighted by Gasteiger charge is 2.00. The lowest BCUT2D eigenvalue weighted by Crippen LogP contribution is -2.01.